The summed E-state index contributed by atoms with van der Waals surface area (Å²) in [6.45, 7) is 4.48. The molecule has 2 heterocycles. The molecule has 2 aromatic carbocycles. The summed E-state index contributed by atoms with van der Waals surface area (Å²) in [4.78, 5) is 16.0. The molecule has 2 atom stereocenters. The normalized spacial score (nSPS) is 22.6. The molecule has 2 unspecified atom stereocenters. The van der Waals surface area contributed by atoms with E-state index >= 15 is 0 Å². The van der Waals surface area contributed by atoms with Crippen molar-refractivity contribution in [2.75, 3.05) is 26.2 Å². The minimum absolute atomic E-state index is 0.0907. The number of fused-ring (bicyclic) bond motifs is 2. The minimum Gasteiger partial charge on any atom is -0.336 e. The van der Waals surface area contributed by atoms with Crippen molar-refractivity contribution in [2.24, 2.45) is 0 Å². The van der Waals surface area contributed by atoms with E-state index in [2.05, 4.69) is 59.8 Å². The van der Waals surface area contributed by atoms with E-state index in [9.17, 15) is 18.0 Å². The Morgan fingerprint density at radius 2 is 1.82 bits per heavy atom. The Hall–Kier alpha value is -2.77. The van der Waals surface area contributed by atoms with Crippen LogP contribution in [-0.4, -0.2) is 46.5 Å². The quantitative estimate of drug-likeness (QED) is 0.516. The lowest BCUT2D eigenvalue weighted by atomic mass is 10.0. The lowest BCUT2D eigenvalue weighted by molar-refractivity contribution is -0.137. The zero-order chi connectivity index (χ0) is 23.9. The molecule has 2 aliphatic heterocycles. The molecule has 0 spiro atoms. The van der Waals surface area contributed by atoms with Gasteiger partial charge >= 0.3 is 6.18 Å². The predicted octanol–water partition coefficient (Wildman–Crippen LogP) is 5.65. The summed E-state index contributed by atoms with van der Waals surface area (Å²) >= 11 is -0.174. The van der Waals surface area contributed by atoms with Crippen LogP contribution in [0.3, 0.4) is 0 Å². The van der Waals surface area contributed by atoms with E-state index in [1.807, 2.05) is 0 Å². The summed E-state index contributed by atoms with van der Waals surface area (Å²) in [6, 6.07) is 11.3. The van der Waals surface area contributed by atoms with Gasteiger partial charge in [-0.05, 0) is 48.9 Å². The maximum atomic E-state index is 13.1. The first-order valence-corrected chi connectivity index (χ1v) is 12.7. The van der Waals surface area contributed by atoms with Crippen molar-refractivity contribution >= 4 is 23.1 Å². The van der Waals surface area contributed by atoms with Crippen LogP contribution in [0.5, 0.6) is 0 Å². The molecule has 1 fully saturated rings. The Morgan fingerprint density at radius 1 is 1.03 bits per heavy atom. The number of hydrogen-bond acceptors (Lipinski definition) is 2. The largest absolute Gasteiger partial charge is 0.416 e. The highest BCUT2D eigenvalue weighted by atomic mass is 32.2. The molecule has 0 saturated carbocycles. The smallest absolute Gasteiger partial charge is 0.336 e. The number of halogens is 3. The molecule has 2 aromatic rings. The fourth-order valence-electron chi connectivity index (χ4n) is 4.73. The van der Waals surface area contributed by atoms with Crippen LogP contribution < -0.4 is 0 Å². The summed E-state index contributed by atoms with van der Waals surface area (Å²) in [5.41, 5.74) is 3.07. The summed E-state index contributed by atoms with van der Waals surface area (Å²) in [7, 11) is 0. The van der Waals surface area contributed by atoms with Gasteiger partial charge in [0.05, 0.1) is 18.7 Å². The van der Waals surface area contributed by atoms with E-state index in [1.165, 1.54) is 33.7 Å². The van der Waals surface area contributed by atoms with E-state index in [4.69, 9.17) is 0 Å². The van der Waals surface area contributed by atoms with Crippen molar-refractivity contribution in [1.29, 1.82) is 0 Å². The first kappa shape index (κ1) is 23.0. The van der Waals surface area contributed by atoms with Gasteiger partial charge < -0.3 is 4.90 Å². The van der Waals surface area contributed by atoms with Gasteiger partial charge in [-0.25, -0.2) is 0 Å². The van der Waals surface area contributed by atoms with Crippen LogP contribution >= 0.6 is 0 Å². The van der Waals surface area contributed by atoms with Gasteiger partial charge in [-0.15, -0.1) is 4.31 Å². The highest BCUT2D eigenvalue weighted by Crippen LogP contribution is 2.38. The second-order valence-electron chi connectivity index (χ2n) is 8.81. The Kier molecular flexibility index (Phi) is 6.16. The second kappa shape index (κ2) is 9.12. The molecule has 7 heteroatoms. The van der Waals surface area contributed by atoms with Crippen molar-refractivity contribution in [3.8, 4) is 0 Å². The monoisotopic (exact) mass is 483 g/mol. The van der Waals surface area contributed by atoms with Gasteiger partial charge in [0.15, 0.2) is 10.1 Å². The number of carbonyl (C=O) groups is 1. The van der Waals surface area contributed by atoms with Crippen molar-refractivity contribution in [2.45, 2.75) is 29.7 Å². The van der Waals surface area contributed by atoms with Crippen molar-refractivity contribution in [3.63, 3.8) is 0 Å². The van der Waals surface area contributed by atoms with Gasteiger partial charge in [0.25, 0.3) is 5.91 Å². The number of benzene rings is 2. The van der Waals surface area contributed by atoms with Gasteiger partial charge in [0.2, 0.25) is 0 Å². The first-order valence-electron chi connectivity index (χ1n) is 11.4. The van der Waals surface area contributed by atoms with E-state index in [0.29, 0.717) is 31.4 Å². The average molecular weight is 484 g/mol. The number of aryl methyl sites for hydroxylation is 1. The molecule has 1 saturated heterocycles. The third-order valence-corrected chi connectivity index (χ3v) is 9.24. The molecule has 0 aromatic heterocycles. The number of rotatable bonds is 2. The summed E-state index contributed by atoms with van der Waals surface area (Å²) in [6.07, 6.45) is 7.46. The summed E-state index contributed by atoms with van der Waals surface area (Å²) in [5.74, 6) is -0.339. The molecule has 0 bridgehead atoms. The number of allylic oxidation sites excluding steroid dienone is 4. The highest BCUT2D eigenvalue weighted by molar-refractivity contribution is 7.95. The van der Waals surface area contributed by atoms with E-state index in [0.717, 1.165) is 18.6 Å². The maximum absolute atomic E-state index is 13.1. The zero-order valence-corrected chi connectivity index (χ0v) is 19.7. The number of carbonyl (C=O) groups excluding carboxylic acids is 1. The number of amides is 1. The third kappa shape index (κ3) is 4.46. The van der Waals surface area contributed by atoms with Crippen molar-refractivity contribution in [1.82, 2.24) is 9.21 Å². The molecular formula is C27H26F3N2OS+. The highest BCUT2D eigenvalue weighted by Gasteiger charge is 2.45. The number of nitrogens with zero attached hydrogens (tertiary/aromatic N) is 2. The van der Waals surface area contributed by atoms with Crippen LogP contribution in [-0.2, 0) is 17.3 Å². The summed E-state index contributed by atoms with van der Waals surface area (Å²) in [5, 5.41) is 0.356. The molecule has 34 heavy (non-hydrogen) atoms. The fraction of sp³-hybridized carbons (Fsp3) is 0.296. The SMILES string of the molecule is Cc1ccc2c(c1)[S+](N1CCN(C(=O)c3cccc(C(F)(F)F)c3)CC1)C1CC=CC=C1C=C2. The molecular weight excluding hydrogens is 457 g/mol. The first-order chi connectivity index (χ1) is 16.3. The van der Waals surface area contributed by atoms with Gasteiger partial charge in [0.1, 0.15) is 11.1 Å². The lowest BCUT2D eigenvalue weighted by Crippen LogP contribution is -2.52. The van der Waals surface area contributed by atoms with Crippen LogP contribution in [0.15, 0.2) is 77.2 Å². The van der Waals surface area contributed by atoms with Crippen LogP contribution in [0.2, 0.25) is 0 Å². The van der Waals surface area contributed by atoms with Gasteiger partial charge in [0, 0.05) is 36.2 Å². The van der Waals surface area contributed by atoms with Crippen LogP contribution in [0.4, 0.5) is 13.2 Å². The molecule has 3 nitrogen and oxygen atoms in total. The zero-order valence-electron chi connectivity index (χ0n) is 18.9. The van der Waals surface area contributed by atoms with Crippen LogP contribution in [0, 0.1) is 6.92 Å². The molecule has 0 radical (unpaired) electrons. The van der Waals surface area contributed by atoms with Gasteiger partial charge in [-0.3, -0.25) is 4.79 Å². The number of piperazine rings is 1. The van der Waals surface area contributed by atoms with Crippen LogP contribution in [0.25, 0.3) is 6.08 Å². The maximum Gasteiger partial charge on any atom is 0.416 e. The molecule has 0 N–H and O–H groups in total. The Labute approximate surface area is 200 Å². The van der Waals surface area contributed by atoms with Crippen LogP contribution in [0.1, 0.15) is 33.5 Å². The summed E-state index contributed by atoms with van der Waals surface area (Å²) < 4.78 is 41.8. The third-order valence-electron chi connectivity index (χ3n) is 6.51. The average Bonchev–Trinajstić information content (AvgIpc) is 3.00. The topological polar surface area (TPSA) is 23.6 Å². The molecule has 1 aliphatic carbocycles. The Morgan fingerprint density at radius 3 is 2.59 bits per heavy atom. The van der Waals surface area contributed by atoms with E-state index in [1.54, 1.807) is 4.90 Å². The van der Waals surface area contributed by atoms with E-state index < -0.39 is 11.7 Å². The fourth-order valence-corrected chi connectivity index (χ4v) is 7.62. The molecule has 5 rings (SSSR count). The molecule has 1 amide bonds. The Bertz CT molecular complexity index is 1190. The van der Waals surface area contributed by atoms with Gasteiger partial charge in [-0.2, -0.15) is 13.2 Å². The number of hydrogen-bond donors (Lipinski definition) is 0. The van der Waals surface area contributed by atoms with Gasteiger partial charge in [-0.1, -0.05) is 36.4 Å². The minimum atomic E-state index is -4.46. The number of alkyl halides is 3. The standard InChI is InChI=1S/C27H26F3N2OS/c1-19-9-10-21-12-11-20-5-2-3-8-24(20)34(25(21)17-19)32-15-13-31(14-16-32)26(33)22-6-4-7-23(18-22)27(28,29)30/h2-7,9-12,17-18,24H,8,13-16H2,1H3/q+1. The molecule has 176 valence electrons. The second-order valence-corrected chi connectivity index (χ2v) is 11.0. The van der Waals surface area contributed by atoms with E-state index in [-0.39, 0.29) is 22.6 Å². The molecule has 3 aliphatic rings. The van der Waals surface area contributed by atoms with Crippen molar-refractivity contribution < 1.29 is 18.0 Å². The lowest BCUT2D eigenvalue weighted by Gasteiger charge is -2.35. The van der Waals surface area contributed by atoms with Crippen molar-refractivity contribution in [3.05, 3.63) is 94.6 Å². The Balaban J connectivity index is 1.37. The predicted molar refractivity (Wildman–Crippen MR) is 130 cm³/mol.